The Bertz CT molecular complexity index is 741. The summed E-state index contributed by atoms with van der Waals surface area (Å²) in [7, 11) is 0. The molecule has 2 aromatic carbocycles. The van der Waals surface area contributed by atoms with Gasteiger partial charge < -0.3 is 5.11 Å². The smallest absolute Gasteiger partial charge is 0.177 e. The Kier molecular flexibility index (Phi) is 5.86. The SMILES string of the molecule is OC(C#CCN1CCCCCC1)(c1ccccc1)c1cccc(F)c1. The van der Waals surface area contributed by atoms with Crippen LogP contribution in [0.5, 0.6) is 0 Å². The second-order valence-electron chi connectivity index (χ2n) is 6.58. The van der Waals surface area contributed by atoms with E-state index in [1.165, 1.54) is 37.8 Å². The highest BCUT2D eigenvalue weighted by Crippen LogP contribution is 2.29. The van der Waals surface area contributed by atoms with E-state index in [1.54, 1.807) is 12.1 Å². The molecule has 1 aliphatic heterocycles. The van der Waals surface area contributed by atoms with Gasteiger partial charge in [-0.1, -0.05) is 67.1 Å². The van der Waals surface area contributed by atoms with Crippen LogP contribution in [0.2, 0.25) is 0 Å². The Morgan fingerprint density at radius 1 is 0.920 bits per heavy atom. The molecule has 1 heterocycles. The quantitative estimate of drug-likeness (QED) is 0.858. The normalized spacial score (nSPS) is 17.8. The van der Waals surface area contributed by atoms with Gasteiger partial charge in [-0.2, -0.15) is 0 Å². The van der Waals surface area contributed by atoms with Gasteiger partial charge in [0.15, 0.2) is 5.60 Å². The molecule has 0 bridgehead atoms. The molecule has 2 nitrogen and oxygen atoms in total. The Hall–Kier alpha value is -2.15. The Morgan fingerprint density at radius 3 is 2.28 bits per heavy atom. The second-order valence-corrected chi connectivity index (χ2v) is 6.58. The lowest BCUT2D eigenvalue weighted by atomic mass is 9.87. The fourth-order valence-corrected chi connectivity index (χ4v) is 3.28. The van der Waals surface area contributed by atoms with E-state index in [4.69, 9.17) is 0 Å². The summed E-state index contributed by atoms with van der Waals surface area (Å²) in [4.78, 5) is 2.33. The van der Waals surface area contributed by atoms with Crippen molar-refractivity contribution >= 4 is 0 Å². The van der Waals surface area contributed by atoms with E-state index in [2.05, 4.69) is 16.7 Å². The summed E-state index contributed by atoms with van der Waals surface area (Å²) in [6.45, 7) is 2.74. The molecule has 1 aliphatic rings. The van der Waals surface area contributed by atoms with E-state index in [9.17, 15) is 9.50 Å². The van der Waals surface area contributed by atoms with Gasteiger partial charge in [-0.3, -0.25) is 4.90 Å². The molecule has 1 atom stereocenters. The third kappa shape index (κ3) is 4.48. The highest BCUT2D eigenvalue weighted by atomic mass is 19.1. The summed E-state index contributed by atoms with van der Waals surface area (Å²) in [6, 6.07) is 15.3. The Morgan fingerprint density at radius 2 is 1.60 bits per heavy atom. The molecule has 0 amide bonds. The van der Waals surface area contributed by atoms with Crippen molar-refractivity contribution in [2.24, 2.45) is 0 Å². The topological polar surface area (TPSA) is 23.5 Å². The maximum Gasteiger partial charge on any atom is 0.177 e. The van der Waals surface area contributed by atoms with Crippen LogP contribution in [0, 0.1) is 17.7 Å². The number of halogens is 1. The van der Waals surface area contributed by atoms with E-state index in [-0.39, 0.29) is 5.82 Å². The monoisotopic (exact) mass is 337 g/mol. The molecule has 0 aromatic heterocycles. The molecular formula is C22H24FNO. The molecule has 25 heavy (non-hydrogen) atoms. The van der Waals surface area contributed by atoms with E-state index < -0.39 is 5.60 Å². The van der Waals surface area contributed by atoms with E-state index >= 15 is 0 Å². The lowest BCUT2D eigenvalue weighted by Crippen LogP contribution is -2.28. The number of aliphatic hydroxyl groups is 1. The van der Waals surface area contributed by atoms with Gasteiger partial charge in [-0.15, -0.1) is 0 Å². The maximum atomic E-state index is 13.7. The number of likely N-dealkylation sites (tertiary alicyclic amines) is 1. The second kappa shape index (κ2) is 8.29. The summed E-state index contributed by atoms with van der Waals surface area (Å²) in [6.07, 6.45) is 4.96. The first-order chi connectivity index (χ1) is 12.2. The first kappa shape index (κ1) is 17.7. The molecular weight excluding hydrogens is 313 g/mol. The van der Waals surface area contributed by atoms with Crippen LogP contribution >= 0.6 is 0 Å². The average Bonchev–Trinajstić information content (AvgIpc) is 2.91. The molecule has 2 aromatic rings. The van der Waals surface area contributed by atoms with Crippen molar-refractivity contribution in [2.45, 2.75) is 31.3 Å². The molecule has 0 spiro atoms. The number of nitrogens with zero attached hydrogens (tertiary/aromatic N) is 1. The summed E-state index contributed by atoms with van der Waals surface area (Å²) in [5.74, 6) is 5.79. The number of rotatable bonds is 3. The summed E-state index contributed by atoms with van der Waals surface area (Å²) >= 11 is 0. The lowest BCUT2D eigenvalue weighted by molar-refractivity contribution is 0.144. The molecule has 3 rings (SSSR count). The van der Waals surface area contributed by atoms with Crippen LogP contribution in [0.25, 0.3) is 0 Å². The van der Waals surface area contributed by atoms with Crippen molar-refractivity contribution in [1.82, 2.24) is 4.90 Å². The first-order valence-electron chi connectivity index (χ1n) is 8.95. The van der Waals surface area contributed by atoms with Crippen LogP contribution in [-0.4, -0.2) is 29.6 Å². The van der Waals surface area contributed by atoms with Crippen LogP contribution in [0.4, 0.5) is 4.39 Å². The van der Waals surface area contributed by atoms with Crippen molar-refractivity contribution in [2.75, 3.05) is 19.6 Å². The van der Waals surface area contributed by atoms with Crippen LogP contribution < -0.4 is 0 Å². The fourth-order valence-electron chi connectivity index (χ4n) is 3.28. The van der Waals surface area contributed by atoms with Crippen LogP contribution in [-0.2, 0) is 5.60 Å². The number of benzene rings is 2. The van der Waals surface area contributed by atoms with Gasteiger partial charge in [-0.25, -0.2) is 4.39 Å². The zero-order chi connectivity index (χ0) is 17.5. The number of hydrogen-bond donors (Lipinski definition) is 1. The minimum atomic E-state index is -1.50. The van der Waals surface area contributed by atoms with Crippen molar-refractivity contribution in [3.63, 3.8) is 0 Å². The van der Waals surface area contributed by atoms with Gasteiger partial charge in [0.05, 0.1) is 6.54 Å². The molecule has 1 fully saturated rings. The molecule has 130 valence electrons. The molecule has 1 unspecified atom stereocenters. The lowest BCUT2D eigenvalue weighted by Gasteiger charge is -2.24. The minimum Gasteiger partial charge on any atom is -0.369 e. The van der Waals surface area contributed by atoms with Crippen molar-refractivity contribution < 1.29 is 9.50 Å². The van der Waals surface area contributed by atoms with Crippen molar-refractivity contribution in [3.05, 3.63) is 71.5 Å². The van der Waals surface area contributed by atoms with Gasteiger partial charge in [-0.05, 0) is 38.1 Å². The third-order valence-corrected chi connectivity index (χ3v) is 4.70. The zero-order valence-electron chi connectivity index (χ0n) is 14.4. The molecule has 1 saturated heterocycles. The highest BCUT2D eigenvalue weighted by molar-refractivity contribution is 5.44. The highest BCUT2D eigenvalue weighted by Gasteiger charge is 2.29. The fraction of sp³-hybridized carbons (Fsp3) is 0.364. The third-order valence-electron chi connectivity index (χ3n) is 4.70. The standard InChI is InChI=1S/C22H24FNO/c23-21-13-8-12-20(18-21)22(25,19-10-4-3-5-11-19)14-9-17-24-15-6-1-2-7-16-24/h3-5,8,10-13,18,25H,1-2,6-7,15-17H2. The Labute approximate surface area is 149 Å². The first-order valence-corrected chi connectivity index (χ1v) is 8.95. The van der Waals surface area contributed by atoms with Gasteiger partial charge in [0.1, 0.15) is 5.82 Å². The predicted octanol–water partition coefficient (Wildman–Crippen LogP) is 3.94. The average molecular weight is 337 g/mol. The van der Waals surface area contributed by atoms with Crippen molar-refractivity contribution in [1.29, 1.82) is 0 Å². The molecule has 0 saturated carbocycles. The van der Waals surface area contributed by atoms with Crippen LogP contribution in [0.1, 0.15) is 36.8 Å². The zero-order valence-corrected chi connectivity index (χ0v) is 14.4. The van der Waals surface area contributed by atoms with Gasteiger partial charge in [0.2, 0.25) is 0 Å². The van der Waals surface area contributed by atoms with E-state index in [1.807, 2.05) is 30.3 Å². The summed E-state index contributed by atoms with van der Waals surface area (Å²) in [5.41, 5.74) is -0.388. The molecule has 0 radical (unpaired) electrons. The van der Waals surface area contributed by atoms with Gasteiger partial charge >= 0.3 is 0 Å². The minimum absolute atomic E-state index is 0.374. The van der Waals surface area contributed by atoms with Crippen LogP contribution in [0.15, 0.2) is 54.6 Å². The van der Waals surface area contributed by atoms with Crippen LogP contribution in [0.3, 0.4) is 0 Å². The predicted molar refractivity (Wildman–Crippen MR) is 98.5 cm³/mol. The van der Waals surface area contributed by atoms with E-state index in [0.29, 0.717) is 17.7 Å². The molecule has 3 heteroatoms. The molecule has 0 aliphatic carbocycles. The largest absolute Gasteiger partial charge is 0.369 e. The Balaban J connectivity index is 1.89. The van der Waals surface area contributed by atoms with E-state index in [0.717, 1.165) is 13.1 Å². The summed E-state index contributed by atoms with van der Waals surface area (Å²) in [5, 5.41) is 11.3. The van der Waals surface area contributed by atoms with Crippen molar-refractivity contribution in [3.8, 4) is 11.8 Å². The molecule has 1 N–H and O–H groups in total. The summed E-state index contributed by atoms with van der Waals surface area (Å²) < 4.78 is 13.7. The maximum absolute atomic E-state index is 13.7. The van der Waals surface area contributed by atoms with Gasteiger partial charge in [0.25, 0.3) is 0 Å². The van der Waals surface area contributed by atoms with Gasteiger partial charge in [0, 0.05) is 11.1 Å². The number of hydrogen-bond acceptors (Lipinski definition) is 2.